The van der Waals surface area contributed by atoms with Gasteiger partial charge in [0.2, 0.25) is 11.8 Å². The fourth-order valence-corrected chi connectivity index (χ4v) is 4.25. The Morgan fingerprint density at radius 2 is 1.78 bits per heavy atom. The molecule has 3 rings (SSSR count). The number of nitrogens with zero attached hydrogens (tertiary/aromatic N) is 2. The number of nitrogens with two attached hydrogens (primary N) is 1. The zero-order chi connectivity index (χ0) is 23.3. The maximum absolute atomic E-state index is 11.9. The molecule has 0 bridgehead atoms. The minimum absolute atomic E-state index is 0.0188. The van der Waals surface area contributed by atoms with Crippen molar-refractivity contribution < 1.29 is 14.3 Å². The van der Waals surface area contributed by atoms with E-state index >= 15 is 0 Å². The number of primary amides is 1. The normalized spacial score (nSPS) is 18.4. The van der Waals surface area contributed by atoms with Crippen molar-refractivity contribution in [3.8, 4) is 5.75 Å². The number of para-hydroxylation sites is 1. The predicted molar refractivity (Wildman–Crippen MR) is 126 cm³/mol. The predicted octanol–water partition coefficient (Wildman–Crippen LogP) is 3.40. The number of carbonyl (C=O) groups excluding carboxylic acids is 2. The second kappa shape index (κ2) is 10.6. The molecule has 0 radical (unpaired) electrons. The van der Waals surface area contributed by atoms with Crippen molar-refractivity contribution in [3.63, 3.8) is 0 Å². The molecule has 6 heteroatoms. The molecule has 1 aliphatic rings. The minimum atomic E-state index is -0.346. The van der Waals surface area contributed by atoms with E-state index in [1.54, 1.807) is 4.90 Å². The Morgan fingerprint density at radius 1 is 1.09 bits per heavy atom. The van der Waals surface area contributed by atoms with Crippen LogP contribution in [-0.4, -0.2) is 48.4 Å². The van der Waals surface area contributed by atoms with E-state index in [-0.39, 0.29) is 23.7 Å². The lowest BCUT2D eigenvalue weighted by Gasteiger charge is -2.20. The number of rotatable bonds is 9. The summed E-state index contributed by atoms with van der Waals surface area (Å²) in [6.45, 7) is 9.05. The Kier molecular flexibility index (Phi) is 7.91. The molecule has 2 aromatic carbocycles. The van der Waals surface area contributed by atoms with Gasteiger partial charge in [0, 0.05) is 44.6 Å². The Balaban J connectivity index is 1.64. The van der Waals surface area contributed by atoms with Crippen molar-refractivity contribution in [1.82, 2.24) is 9.80 Å². The highest BCUT2D eigenvalue weighted by molar-refractivity contribution is 5.81. The number of hydrogen-bond donors (Lipinski definition) is 1. The summed E-state index contributed by atoms with van der Waals surface area (Å²) in [5, 5.41) is 0. The van der Waals surface area contributed by atoms with Crippen LogP contribution in [0.1, 0.15) is 43.4 Å². The molecule has 1 saturated heterocycles. The maximum Gasteiger partial charge on any atom is 0.223 e. The Labute approximate surface area is 191 Å². The summed E-state index contributed by atoms with van der Waals surface area (Å²) in [7, 11) is 2.10. The number of benzene rings is 2. The van der Waals surface area contributed by atoms with Gasteiger partial charge in [-0.2, -0.15) is 0 Å². The van der Waals surface area contributed by atoms with Crippen LogP contribution in [0.15, 0.2) is 48.5 Å². The van der Waals surface area contributed by atoms with Gasteiger partial charge in [0.15, 0.2) is 0 Å². The van der Waals surface area contributed by atoms with Gasteiger partial charge < -0.3 is 15.4 Å². The van der Waals surface area contributed by atoms with Crippen LogP contribution in [0, 0.1) is 11.8 Å². The first kappa shape index (κ1) is 23.8. The fourth-order valence-electron chi connectivity index (χ4n) is 4.25. The monoisotopic (exact) mass is 437 g/mol. The zero-order valence-corrected chi connectivity index (χ0v) is 19.6. The maximum atomic E-state index is 11.9. The first-order valence-corrected chi connectivity index (χ1v) is 11.3. The third kappa shape index (κ3) is 6.10. The van der Waals surface area contributed by atoms with Gasteiger partial charge in [-0.05, 0) is 30.2 Å². The standard InChI is InChI=1S/C26H35N3O3/c1-18(2)17-32-25-8-6-5-7-22(25)14-28(4)13-20-9-11-21(12-10-20)23-15-29(19(3)30)16-24(23)26(27)31/h5-12,18,23-24H,13-17H2,1-4H3,(H2,27,31)/t23-,24+/m1/s1. The quantitative estimate of drug-likeness (QED) is 0.652. The van der Waals surface area contributed by atoms with Crippen LogP contribution in [0.25, 0.3) is 0 Å². The van der Waals surface area contributed by atoms with Gasteiger partial charge in [-0.25, -0.2) is 0 Å². The van der Waals surface area contributed by atoms with E-state index in [2.05, 4.69) is 56.1 Å². The van der Waals surface area contributed by atoms with Crippen molar-refractivity contribution in [2.45, 2.75) is 39.8 Å². The average molecular weight is 438 g/mol. The highest BCUT2D eigenvalue weighted by Gasteiger charge is 2.38. The van der Waals surface area contributed by atoms with E-state index < -0.39 is 0 Å². The summed E-state index contributed by atoms with van der Waals surface area (Å²) in [6, 6.07) is 16.5. The van der Waals surface area contributed by atoms with Gasteiger partial charge in [0.1, 0.15) is 5.75 Å². The van der Waals surface area contributed by atoms with Crippen molar-refractivity contribution in [3.05, 3.63) is 65.2 Å². The van der Waals surface area contributed by atoms with Gasteiger partial charge in [-0.15, -0.1) is 0 Å². The molecule has 0 aromatic heterocycles. The van der Waals surface area contributed by atoms with Crippen molar-refractivity contribution in [1.29, 1.82) is 0 Å². The van der Waals surface area contributed by atoms with Gasteiger partial charge in [0.05, 0.1) is 12.5 Å². The first-order chi connectivity index (χ1) is 15.2. The number of hydrogen-bond acceptors (Lipinski definition) is 4. The minimum Gasteiger partial charge on any atom is -0.493 e. The Bertz CT molecular complexity index is 926. The third-order valence-electron chi connectivity index (χ3n) is 5.98. The van der Waals surface area contributed by atoms with Crippen LogP contribution in [0.5, 0.6) is 5.75 Å². The molecule has 32 heavy (non-hydrogen) atoms. The lowest BCUT2D eigenvalue weighted by molar-refractivity contribution is -0.128. The molecular weight excluding hydrogens is 402 g/mol. The number of likely N-dealkylation sites (tertiary alicyclic amines) is 1. The van der Waals surface area contributed by atoms with Crippen LogP contribution < -0.4 is 10.5 Å². The molecular formula is C26H35N3O3. The number of ether oxygens (including phenoxy) is 1. The van der Waals surface area contributed by atoms with Crippen LogP contribution >= 0.6 is 0 Å². The lowest BCUT2D eigenvalue weighted by atomic mass is 9.88. The highest BCUT2D eigenvalue weighted by Crippen LogP contribution is 2.33. The van der Waals surface area contributed by atoms with Crippen LogP contribution in [0.2, 0.25) is 0 Å². The first-order valence-electron chi connectivity index (χ1n) is 11.3. The molecule has 172 valence electrons. The van der Waals surface area contributed by atoms with Crippen LogP contribution in [0.3, 0.4) is 0 Å². The number of carbonyl (C=O) groups is 2. The van der Waals surface area contributed by atoms with Crippen molar-refractivity contribution >= 4 is 11.8 Å². The number of amides is 2. The van der Waals surface area contributed by atoms with E-state index in [0.29, 0.717) is 25.6 Å². The van der Waals surface area contributed by atoms with E-state index in [4.69, 9.17) is 10.5 Å². The van der Waals surface area contributed by atoms with Gasteiger partial charge in [0.25, 0.3) is 0 Å². The summed E-state index contributed by atoms with van der Waals surface area (Å²) in [5.41, 5.74) is 9.03. The van der Waals surface area contributed by atoms with E-state index in [0.717, 1.165) is 24.4 Å². The summed E-state index contributed by atoms with van der Waals surface area (Å²) in [6.07, 6.45) is 0. The highest BCUT2D eigenvalue weighted by atomic mass is 16.5. The van der Waals surface area contributed by atoms with Crippen LogP contribution in [0.4, 0.5) is 0 Å². The Hall–Kier alpha value is -2.86. The summed E-state index contributed by atoms with van der Waals surface area (Å²) >= 11 is 0. The second-order valence-corrected chi connectivity index (χ2v) is 9.27. The molecule has 0 aliphatic carbocycles. The molecule has 2 N–H and O–H groups in total. The summed E-state index contributed by atoms with van der Waals surface area (Å²) in [4.78, 5) is 27.7. The lowest BCUT2D eigenvalue weighted by Crippen LogP contribution is -2.30. The van der Waals surface area contributed by atoms with Gasteiger partial charge >= 0.3 is 0 Å². The van der Waals surface area contributed by atoms with Gasteiger partial charge in [-0.1, -0.05) is 56.3 Å². The molecule has 2 amide bonds. The third-order valence-corrected chi connectivity index (χ3v) is 5.98. The Morgan fingerprint density at radius 3 is 2.41 bits per heavy atom. The molecule has 1 fully saturated rings. The molecule has 2 atom stereocenters. The molecule has 0 saturated carbocycles. The van der Waals surface area contributed by atoms with Crippen molar-refractivity contribution in [2.75, 3.05) is 26.7 Å². The second-order valence-electron chi connectivity index (χ2n) is 9.27. The van der Waals surface area contributed by atoms with Crippen molar-refractivity contribution in [2.24, 2.45) is 17.6 Å². The van der Waals surface area contributed by atoms with E-state index in [1.165, 1.54) is 18.1 Å². The molecule has 6 nitrogen and oxygen atoms in total. The average Bonchev–Trinajstić information content (AvgIpc) is 3.20. The van der Waals surface area contributed by atoms with E-state index in [1.807, 2.05) is 18.2 Å². The molecule has 1 heterocycles. The van der Waals surface area contributed by atoms with E-state index in [9.17, 15) is 9.59 Å². The molecule has 0 spiro atoms. The summed E-state index contributed by atoms with van der Waals surface area (Å²) < 4.78 is 5.98. The molecule has 2 aromatic rings. The largest absolute Gasteiger partial charge is 0.493 e. The zero-order valence-electron chi connectivity index (χ0n) is 19.6. The molecule has 1 aliphatic heterocycles. The topological polar surface area (TPSA) is 75.9 Å². The SMILES string of the molecule is CC(=O)N1C[C@H](C(N)=O)[C@@H](c2ccc(CN(C)Cc3ccccc3OCC(C)C)cc2)C1. The fraction of sp³-hybridized carbons (Fsp3) is 0.462. The van der Waals surface area contributed by atoms with Crippen LogP contribution in [-0.2, 0) is 22.7 Å². The summed E-state index contributed by atoms with van der Waals surface area (Å²) in [5.74, 6) is 0.673. The smallest absolute Gasteiger partial charge is 0.223 e. The van der Waals surface area contributed by atoms with Gasteiger partial charge in [-0.3, -0.25) is 14.5 Å². The molecule has 0 unspecified atom stereocenters.